The predicted octanol–water partition coefficient (Wildman–Crippen LogP) is 1.73. The van der Waals surface area contributed by atoms with Gasteiger partial charge in [-0.1, -0.05) is 12.2 Å². The summed E-state index contributed by atoms with van der Waals surface area (Å²) in [7, 11) is 0. The molecule has 2 atom stereocenters. The summed E-state index contributed by atoms with van der Waals surface area (Å²) in [5.41, 5.74) is 1.22. The molecular weight excluding hydrogens is 234 g/mol. The molecule has 1 amide bonds. The molecule has 0 saturated carbocycles. The zero-order valence-corrected chi connectivity index (χ0v) is 10.5. The first kappa shape index (κ1) is 12.3. The molecule has 3 nitrogen and oxygen atoms in total. The second-order valence-electron chi connectivity index (χ2n) is 4.37. The van der Waals surface area contributed by atoms with Gasteiger partial charge in [0.25, 0.3) is 0 Å². The van der Waals surface area contributed by atoms with E-state index in [0.29, 0.717) is 6.42 Å². The van der Waals surface area contributed by atoms with E-state index in [1.807, 2.05) is 17.5 Å². The molecule has 1 aliphatic rings. The van der Waals surface area contributed by atoms with Gasteiger partial charge in [0.05, 0.1) is 0 Å². The van der Waals surface area contributed by atoms with Crippen molar-refractivity contribution in [1.29, 1.82) is 0 Å². The molecule has 0 fully saturated rings. The van der Waals surface area contributed by atoms with Crippen molar-refractivity contribution in [1.82, 2.24) is 5.32 Å². The van der Waals surface area contributed by atoms with Crippen molar-refractivity contribution in [2.75, 3.05) is 6.61 Å². The average Bonchev–Trinajstić information content (AvgIpc) is 2.97. The Balaban J connectivity index is 1.70. The molecule has 0 unspecified atom stereocenters. The van der Waals surface area contributed by atoms with Gasteiger partial charge in [-0.2, -0.15) is 11.3 Å². The average molecular weight is 251 g/mol. The molecule has 17 heavy (non-hydrogen) atoms. The molecule has 0 radical (unpaired) electrons. The maximum absolute atomic E-state index is 11.7. The van der Waals surface area contributed by atoms with Gasteiger partial charge in [-0.15, -0.1) is 0 Å². The SMILES string of the molecule is O=C(CCc1ccsc1)N[C@@H]1C=C[C@H](CO)C1. The lowest BCUT2D eigenvalue weighted by molar-refractivity contribution is -0.121. The van der Waals surface area contributed by atoms with E-state index in [1.54, 1.807) is 11.3 Å². The Kier molecular flexibility index (Phi) is 4.34. The zero-order chi connectivity index (χ0) is 12.1. The van der Waals surface area contributed by atoms with Crippen LogP contribution in [0.4, 0.5) is 0 Å². The number of amides is 1. The number of nitrogens with one attached hydrogen (secondary N) is 1. The first-order valence-corrected chi connectivity index (χ1v) is 6.82. The van der Waals surface area contributed by atoms with Crippen LogP contribution in [-0.4, -0.2) is 23.7 Å². The molecular formula is C13H17NO2S. The van der Waals surface area contributed by atoms with E-state index in [2.05, 4.69) is 16.8 Å². The standard InChI is InChI=1S/C13H17NO2S/c15-8-11-1-3-12(7-11)14-13(16)4-2-10-5-6-17-9-10/h1,3,5-6,9,11-12,15H,2,4,7-8H2,(H,14,16)/t11-,12+/m0/s1. The van der Waals surface area contributed by atoms with Gasteiger partial charge in [-0.3, -0.25) is 4.79 Å². The molecule has 92 valence electrons. The van der Waals surface area contributed by atoms with Crippen LogP contribution >= 0.6 is 11.3 Å². The summed E-state index contributed by atoms with van der Waals surface area (Å²) in [5, 5.41) is 16.1. The minimum Gasteiger partial charge on any atom is -0.396 e. The van der Waals surface area contributed by atoms with Crippen LogP contribution in [0.1, 0.15) is 18.4 Å². The van der Waals surface area contributed by atoms with Gasteiger partial charge in [0, 0.05) is 25.0 Å². The molecule has 1 aromatic heterocycles. The van der Waals surface area contributed by atoms with E-state index in [0.717, 1.165) is 12.8 Å². The van der Waals surface area contributed by atoms with Gasteiger partial charge < -0.3 is 10.4 Å². The monoisotopic (exact) mass is 251 g/mol. The van der Waals surface area contributed by atoms with Crippen molar-refractivity contribution >= 4 is 17.2 Å². The van der Waals surface area contributed by atoms with Crippen molar-refractivity contribution in [2.24, 2.45) is 5.92 Å². The quantitative estimate of drug-likeness (QED) is 0.783. The van der Waals surface area contributed by atoms with Gasteiger partial charge >= 0.3 is 0 Å². The summed E-state index contributed by atoms with van der Waals surface area (Å²) in [6.07, 6.45) is 6.11. The van der Waals surface area contributed by atoms with Crippen LogP contribution in [0.15, 0.2) is 29.0 Å². The van der Waals surface area contributed by atoms with Gasteiger partial charge in [-0.25, -0.2) is 0 Å². The van der Waals surface area contributed by atoms with E-state index >= 15 is 0 Å². The molecule has 0 bridgehead atoms. The van der Waals surface area contributed by atoms with Crippen LogP contribution in [0.3, 0.4) is 0 Å². The summed E-state index contributed by atoms with van der Waals surface area (Å²) < 4.78 is 0. The van der Waals surface area contributed by atoms with Crippen molar-refractivity contribution < 1.29 is 9.90 Å². The lowest BCUT2D eigenvalue weighted by Crippen LogP contribution is -2.33. The molecule has 0 aromatic carbocycles. The predicted molar refractivity (Wildman–Crippen MR) is 68.9 cm³/mol. The Morgan fingerprint density at radius 1 is 1.53 bits per heavy atom. The lowest BCUT2D eigenvalue weighted by Gasteiger charge is -2.12. The number of thiophene rings is 1. The number of hydrogen-bond acceptors (Lipinski definition) is 3. The fourth-order valence-electron chi connectivity index (χ4n) is 1.99. The van der Waals surface area contributed by atoms with Crippen LogP contribution in [0, 0.1) is 5.92 Å². The smallest absolute Gasteiger partial charge is 0.220 e. The molecule has 0 saturated heterocycles. The Hall–Kier alpha value is -1.13. The highest BCUT2D eigenvalue weighted by atomic mass is 32.1. The van der Waals surface area contributed by atoms with Gasteiger partial charge in [-0.05, 0) is 35.2 Å². The van der Waals surface area contributed by atoms with Crippen molar-refractivity contribution in [3.63, 3.8) is 0 Å². The number of hydrogen-bond donors (Lipinski definition) is 2. The normalized spacial score (nSPS) is 22.9. The summed E-state index contributed by atoms with van der Waals surface area (Å²) in [6.45, 7) is 0.164. The molecule has 1 heterocycles. The summed E-state index contributed by atoms with van der Waals surface area (Å²) in [4.78, 5) is 11.7. The number of aliphatic hydroxyl groups excluding tert-OH is 1. The Labute approximate surface area is 105 Å². The summed E-state index contributed by atoms with van der Waals surface area (Å²) in [5.74, 6) is 0.293. The molecule has 0 spiro atoms. The van der Waals surface area contributed by atoms with Crippen molar-refractivity contribution in [2.45, 2.75) is 25.3 Å². The van der Waals surface area contributed by atoms with E-state index in [-0.39, 0.29) is 24.5 Å². The van der Waals surface area contributed by atoms with Crippen molar-refractivity contribution in [3.8, 4) is 0 Å². The number of aliphatic hydroxyl groups is 1. The van der Waals surface area contributed by atoms with Crippen LogP contribution < -0.4 is 5.32 Å². The largest absolute Gasteiger partial charge is 0.396 e. The maximum Gasteiger partial charge on any atom is 0.220 e. The molecule has 1 aliphatic carbocycles. The third-order valence-electron chi connectivity index (χ3n) is 2.97. The van der Waals surface area contributed by atoms with Crippen molar-refractivity contribution in [3.05, 3.63) is 34.5 Å². The first-order chi connectivity index (χ1) is 8.28. The van der Waals surface area contributed by atoms with E-state index in [1.165, 1.54) is 5.56 Å². The first-order valence-electron chi connectivity index (χ1n) is 5.87. The summed E-state index contributed by atoms with van der Waals surface area (Å²) >= 11 is 1.66. The van der Waals surface area contributed by atoms with Crippen LogP contribution in [0.2, 0.25) is 0 Å². The lowest BCUT2D eigenvalue weighted by atomic mass is 10.1. The number of carbonyl (C=O) groups excluding carboxylic acids is 1. The minimum absolute atomic E-state index is 0.0874. The summed E-state index contributed by atoms with van der Waals surface area (Å²) in [6, 6.07) is 2.15. The Morgan fingerprint density at radius 3 is 3.06 bits per heavy atom. The molecule has 0 aliphatic heterocycles. The van der Waals surface area contributed by atoms with E-state index in [4.69, 9.17) is 5.11 Å². The fraction of sp³-hybridized carbons (Fsp3) is 0.462. The third kappa shape index (κ3) is 3.68. The zero-order valence-electron chi connectivity index (χ0n) is 9.63. The molecule has 2 rings (SSSR count). The van der Waals surface area contributed by atoms with Gasteiger partial charge in [0.1, 0.15) is 0 Å². The Bertz CT molecular complexity index is 386. The fourth-order valence-corrected chi connectivity index (χ4v) is 2.69. The number of rotatable bonds is 5. The highest BCUT2D eigenvalue weighted by Crippen LogP contribution is 2.17. The van der Waals surface area contributed by atoms with E-state index in [9.17, 15) is 4.79 Å². The van der Waals surface area contributed by atoms with Crippen LogP contribution in [-0.2, 0) is 11.2 Å². The van der Waals surface area contributed by atoms with Crippen LogP contribution in [0.25, 0.3) is 0 Å². The maximum atomic E-state index is 11.7. The molecule has 4 heteroatoms. The molecule has 1 aromatic rings. The topological polar surface area (TPSA) is 49.3 Å². The van der Waals surface area contributed by atoms with E-state index < -0.39 is 0 Å². The second kappa shape index (κ2) is 5.98. The Morgan fingerprint density at radius 2 is 2.41 bits per heavy atom. The molecule has 2 N–H and O–H groups in total. The van der Waals surface area contributed by atoms with Gasteiger partial charge in [0.15, 0.2) is 0 Å². The number of aryl methyl sites for hydroxylation is 1. The van der Waals surface area contributed by atoms with Gasteiger partial charge in [0.2, 0.25) is 5.91 Å². The van der Waals surface area contributed by atoms with Crippen LogP contribution in [0.5, 0.6) is 0 Å². The third-order valence-corrected chi connectivity index (χ3v) is 3.71. The number of carbonyl (C=O) groups is 1. The minimum atomic E-state index is 0.0874. The second-order valence-corrected chi connectivity index (χ2v) is 5.15. The highest BCUT2D eigenvalue weighted by molar-refractivity contribution is 7.07. The highest BCUT2D eigenvalue weighted by Gasteiger charge is 2.19.